The zero-order valence-electron chi connectivity index (χ0n) is 9.24. The van der Waals surface area contributed by atoms with Crippen LogP contribution in [0.3, 0.4) is 0 Å². The first-order valence-electron chi connectivity index (χ1n) is 5.17. The fraction of sp³-hybridized carbons (Fsp3) is 0.500. The van der Waals surface area contributed by atoms with Gasteiger partial charge in [-0.2, -0.15) is 4.31 Å². The Morgan fingerprint density at radius 1 is 1.65 bits per heavy atom. The van der Waals surface area contributed by atoms with Crippen molar-refractivity contribution in [2.75, 3.05) is 12.3 Å². The van der Waals surface area contributed by atoms with Crippen LogP contribution in [0.15, 0.2) is 17.5 Å². The van der Waals surface area contributed by atoms with Crippen LogP contribution in [-0.4, -0.2) is 36.1 Å². The van der Waals surface area contributed by atoms with Crippen LogP contribution < -0.4 is 0 Å². The standard InChI is InChI=1S/C10H13NO4S2/c1-7-5-11(17(14,15)6-7)9(10(12)13)8-3-2-4-16-8/h2-4,7,9H,5-6H2,1H3,(H,12,13). The van der Waals surface area contributed by atoms with Gasteiger partial charge >= 0.3 is 5.97 Å². The van der Waals surface area contributed by atoms with Crippen LogP contribution in [0, 0.1) is 5.92 Å². The molecule has 0 radical (unpaired) electrons. The van der Waals surface area contributed by atoms with Crippen molar-refractivity contribution in [1.29, 1.82) is 0 Å². The number of sulfonamides is 1. The third kappa shape index (κ3) is 2.36. The minimum absolute atomic E-state index is 0.0261. The van der Waals surface area contributed by atoms with E-state index in [0.29, 0.717) is 4.88 Å². The lowest BCUT2D eigenvalue weighted by molar-refractivity contribution is -0.141. The maximum Gasteiger partial charge on any atom is 0.327 e. The predicted molar refractivity (Wildman–Crippen MR) is 64.4 cm³/mol. The van der Waals surface area contributed by atoms with Gasteiger partial charge in [-0.3, -0.25) is 4.79 Å². The second-order valence-corrected chi connectivity index (χ2v) is 7.16. The Morgan fingerprint density at radius 3 is 2.76 bits per heavy atom. The van der Waals surface area contributed by atoms with Crippen LogP contribution in [0.1, 0.15) is 17.8 Å². The monoisotopic (exact) mass is 275 g/mol. The molecule has 0 bridgehead atoms. The second-order valence-electron chi connectivity index (χ2n) is 4.21. The average molecular weight is 275 g/mol. The van der Waals surface area contributed by atoms with Crippen LogP contribution in [0.2, 0.25) is 0 Å². The number of carboxylic acid groups (broad SMARTS) is 1. The Bertz CT molecular complexity index is 508. The molecular formula is C10H13NO4S2. The average Bonchev–Trinajstić information content (AvgIpc) is 2.75. The number of carboxylic acids is 1. The normalized spacial score (nSPS) is 25.8. The molecular weight excluding hydrogens is 262 g/mol. The fourth-order valence-electron chi connectivity index (χ4n) is 2.03. The summed E-state index contributed by atoms with van der Waals surface area (Å²) in [6.45, 7) is 2.09. The molecule has 7 heteroatoms. The van der Waals surface area contributed by atoms with E-state index in [9.17, 15) is 18.3 Å². The van der Waals surface area contributed by atoms with Gasteiger partial charge in [-0.25, -0.2) is 8.42 Å². The van der Waals surface area contributed by atoms with Crippen molar-refractivity contribution in [1.82, 2.24) is 4.31 Å². The van der Waals surface area contributed by atoms with E-state index < -0.39 is 22.0 Å². The highest BCUT2D eigenvalue weighted by Gasteiger charge is 2.42. The van der Waals surface area contributed by atoms with Crippen molar-refractivity contribution in [3.05, 3.63) is 22.4 Å². The number of nitrogens with zero attached hydrogens (tertiary/aromatic N) is 1. The molecule has 0 aromatic carbocycles. The van der Waals surface area contributed by atoms with Crippen LogP contribution >= 0.6 is 11.3 Å². The zero-order valence-corrected chi connectivity index (χ0v) is 10.9. The molecule has 17 heavy (non-hydrogen) atoms. The molecule has 1 saturated heterocycles. The van der Waals surface area contributed by atoms with Gasteiger partial charge in [0.1, 0.15) is 0 Å². The summed E-state index contributed by atoms with van der Waals surface area (Å²) >= 11 is 1.26. The van der Waals surface area contributed by atoms with E-state index in [1.165, 1.54) is 11.3 Å². The quantitative estimate of drug-likeness (QED) is 0.898. The summed E-state index contributed by atoms with van der Waals surface area (Å²) in [6, 6.07) is 2.30. The summed E-state index contributed by atoms with van der Waals surface area (Å²) in [5.74, 6) is -1.12. The van der Waals surface area contributed by atoms with Gasteiger partial charge in [-0.05, 0) is 17.4 Å². The molecule has 2 heterocycles. The first kappa shape index (κ1) is 12.5. The molecule has 0 amide bonds. The molecule has 0 spiro atoms. The third-order valence-electron chi connectivity index (χ3n) is 2.68. The van der Waals surface area contributed by atoms with Crippen molar-refractivity contribution >= 4 is 27.3 Å². The molecule has 1 aromatic heterocycles. The third-order valence-corrected chi connectivity index (χ3v) is 5.67. The Kier molecular flexibility index (Phi) is 3.24. The number of hydrogen-bond acceptors (Lipinski definition) is 4. The minimum atomic E-state index is -3.45. The molecule has 1 aliphatic rings. The predicted octanol–water partition coefficient (Wildman–Crippen LogP) is 1.16. The zero-order chi connectivity index (χ0) is 12.6. The summed E-state index contributed by atoms with van der Waals surface area (Å²) < 4.78 is 24.9. The number of carbonyl (C=O) groups is 1. The highest BCUT2D eigenvalue weighted by molar-refractivity contribution is 7.89. The summed E-state index contributed by atoms with van der Waals surface area (Å²) in [5.41, 5.74) is 0. The number of aliphatic carboxylic acids is 1. The van der Waals surface area contributed by atoms with E-state index >= 15 is 0 Å². The fourth-order valence-corrected chi connectivity index (χ4v) is 4.95. The molecule has 1 aromatic rings. The lowest BCUT2D eigenvalue weighted by Gasteiger charge is -2.21. The number of thiophene rings is 1. The van der Waals surface area contributed by atoms with Crippen LogP contribution in [-0.2, 0) is 14.8 Å². The molecule has 0 aliphatic carbocycles. The SMILES string of the molecule is CC1CN(C(C(=O)O)c2cccs2)S(=O)(=O)C1. The molecule has 1 fully saturated rings. The molecule has 1 N–H and O–H groups in total. The van der Waals surface area contributed by atoms with Crippen molar-refractivity contribution in [3.8, 4) is 0 Å². The highest BCUT2D eigenvalue weighted by Crippen LogP contribution is 2.32. The Balaban J connectivity index is 2.39. The van der Waals surface area contributed by atoms with Crippen molar-refractivity contribution in [2.45, 2.75) is 13.0 Å². The van der Waals surface area contributed by atoms with Gasteiger partial charge in [0.2, 0.25) is 10.0 Å². The van der Waals surface area contributed by atoms with Gasteiger partial charge in [-0.15, -0.1) is 11.3 Å². The van der Waals surface area contributed by atoms with Crippen LogP contribution in [0.4, 0.5) is 0 Å². The van der Waals surface area contributed by atoms with Gasteiger partial charge in [0, 0.05) is 11.4 Å². The maximum absolute atomic E-state index is 11.9. The lowest BCUT2D eigenvalue weighted by atomic mass is 10.2. The highest BCUT2D eigenvalue weighted by atomic mass is 32.2. The summed E-state index contributed by atoms with van der Waals surface area (Å²) in [7, 11) is -3.45. The van der Waals surface area contributed by atoms with E-state index in [-0.39, 0.29) is 18.2 Å². The molecule has 2 atom stereocenters. The topological polar surface area (TPSA) is 74.7 Å². The van der Waals surface area contributed by atoms with Crippen molar-refractivity contribution in [3.63, 3.8) is 0 Å². The van der Waals surface area contributed by atoms with E-state index in [0.717, 1.165) is 4.31 Å². The van der Waals surface area contributed by atoms with E-state index in [1.807, 2.05) is 6.92 Å². The second kappa shape index (κ2) is 4.40. The number of rotatable bonds is 3. The van der Waals surface area contributed by atoms with Gasteiger partial charge < -0.3 is 5.11 Å². The first-order valence-corrected chi connectivity index (χ1v) is 7.66. The van der Waals surface area contributed by atoms with Crippen molar-refractivity contribution < 1.29 is 18.3 Å². The molecule has 1 aliphatic heterocycles. The molecule has 94 valence electrons. The number of hydrogen-bond donors (Lipinski definition) is 1. The summed E-state index contributed by atoms with van der Waals surface area (Å²) in [6.07, 6.45) is 0. The van der Waals surface area contributed by atoms with E-state index in [2.05, 4.69) is 0 Å². The Morgan fingerprint density at radius 2 is 2.35 bits per heavy atom. The Hall–Kier alpha value is -0.920. The van der Waals surface area contributed by atoms with Gasteiger partial charge in [0.05, 0.1) is 5.75 Å². The maximum atomic E-state index is 11.9. The minimum Gasteiger partial charge on any atom is -0.480 e. The van der Waals surface area contributed by atoms with Crippen molar-refractivity contribution in [2.24, 2.45) is 5.92 Å². The Labute approximate surface area is 104 Å². The molecule has 2 rings (SSSR count). The first-order chi connectivity index (χ1) is 7.92. The largest absolute Gasteiger partial charge is 0.480 e. The summed E-state index contributed by atoms with van der Waals surface area (Å²) in [4.78, 5) is 11.8. The lowest BCUT2D eigenvalue weighted by Crippen LogP contribution is -2.35. The van der Waals surface area contributed by atoms with Gasteiger partial charge in [0.25, 0.3) is 0 Å². The van der Waals surface area contributed by atoms with E-state index in [1.54, 1.807) is 17.5 Å². The van der Waals surface area contributed by atoms with Crippen LogP contribution in [0.5, 0.6) is 0 Å². The van der Waals surface area contributed by atoms with Crippen LogP contribution in [0.25, 0.3) is 0 Å². The molecule has 0 saturated carbocycles. The van der Waals surface area contributed by atoms with Gasteiger partial charge in [0.15, 0.2) is 6.04 Å². The molecule has 2 unspecified atom stereocenters. The van der Waals surface area contributed by atoms with E-state index in [4.69, 9.17) is 0 Å². The summed E-state index contributed by atoms with van der Waals surface area (Å²) in [5, 5.41) is 11.0. The molecule has 5 nitrogen and oxygen atoms in total. The van der Waals surface area contributed by atoms with Gasteiger partial charge in [-0.1, -0.05) is 13.0 Å². The smallest absolute Gasteiger partial charge is 0.327 e.